The number of ketones is 1. The minimum Gasteiger partial charge on any atom is -0.469 e. The minimum atomic E-state index is -0.283. The van der Waals surface area contributed by atoms with Crippen LogP contribution in [0, 0.1) is 0 Å². The van der Waals surface area contributed by atoms with E-state index in [1.165, 1.54) is 7.11 Å². The van der Waals surface area contributed by atoms with Gasteiger partial charge in [-0.05, 0) is 6.42 Å². The molecule has 0 spiro atoms. The molecule has 1 fully saturated rings. The van der Waals surface area contributed by atoms with Gasteiger partial charge in [0.1, 0.15) is 6.61 Å². The third kappa shape index (κ3) is 2.62. The molecule has 0 N–H and O–H groups in total. The van der Waals surface area contributed by atoms with E-state index in [4.69, 9.17) is 4.74 Å². The van der Waals surface area contributed by atoms with E-state index in [1.807, 2.05) is 0 Å². The molecule has 4 nitrogen and oxygen atoms in total. The second-order valence-electron chi connectivity index (χ2n) is 2.79. The van der Waals surface area contributed by atoms with Gasteiger partial charge in [-0.1, -0.05) is 0 Å². The number of carbonyl (C=O) groups is 2. The van der Waals surface area contributed by atoms with Crippen molar-refractivity contribution < 1.29 is 19.1 Å². The molecule has 1 unspecified atom stereocenters. The van der Waals surface area contributed by atoms with Crippen molar-refractivity contribution in [1.29, 1.82) is 0 Å². The maximum absolute atomic E-state index is 10.8. The van der Waals surface area contributed by atoms with Gasteiger partial charge in [0.2, 0.25) is 0 Å². The fourth-order valence-electron chi connectivity index (χ4n) is 1.12. The van der Waals surface area contributed by atoms with Crippen molar-refractivity contribution in [3.63, 3.8) is 0 Å². The second kappa shape index (κ2) is 4.21. The molecule has 1 rings (SSSR count). The standard InChI is InChI=1S/C8H12O4/c1-11-8(10)4-7-3-2-6(9)5-12-7/h7H,2-5H2,1H3. The average molecular weight is 172 g/mol. The first-order chi connectivity index (χ1) is 5.72. The molecule has 4 heteroatoms. The molecule has 0 amide bonds. The smallest absolute Gasteiger partial charge is 0.308 e. The largest absolute Gasteiger partial charge is 0.469 e. The first kappa shape index (κ1) is 9.19. The molecular weight excluding hydrogens is 160 g/mol. The molecule has 0 aliphatic carbocycles. The highest BCUT2D eigenvalue weighted by molar-refractivity contribution is 5.80. The van der Waals surface area contributed by atoms with E-state index in [0.717, 1.165) is 0 Å². The Morgan fingerprint density at radius 3 is 3.00 bits per heavy atom. The summed E-state index contributed by atoms with van der Waals surface area (Å²) in [6.07, 6.45) is 1.27. The molecule has 68 valence electrons. The molecule has 1 heterocycles. The molecule has 0 aromatic heterocycles. The summed E-state index contributed by atoms with van der Waals surface area (Å²) in [5.74, 6) is -0.175. The number of carbonyl (C=O) groups excluding carboxylic acids is 2. The summed E-state index contributed by atoms with van der Waals surface area (Å²) in [7, 11) is 1.34. The number of rotatable bonds is 2. The van der Waals surface area contributed by atoms with Gasteiger partial charge in [0, 0.05) is 6.42 Å². The molecule has 0 bridgehead atoms. The van der Waals surface area contributed by atoms with Gasteiger partial charge in [-0.2, -0.15) is 0 Å². The van der Waals surface area contributed by atoms with Crippen LogP contribution in [-0.2, 0) is 19.1 Å². The SMILES string of the molecule is COC(=O)CC1CCC(=O)CO1. The van der Waals surface area contributed by atoms with Gasteiger partial charge in [0.05, 0.1) is 19.6 Å². The van der Waals surface area contributed by atoms with E-state index in [2.05, 4.69) is 4.74 Å². The first-order valence-electron chi connectivity index (χ1n) is 3.92. The molecule has 1 atom stereocenters. The third-order valence-electron chi connectivity index (χ3n) is 1.85. The summed E-state index contributed by atoms with van der Waals surface area (Å²) in [6.45, 7) is 0.141. The van der Waals surface area contributed by atoms with Crippen LogP contribution in [-0.4, -0.2) is 31.6 Å². The second-order valence-corrected chi connectivity index (χ2v) is 2.79. The normalized spacial score (nSPS) is 23.8. The van der Waals surface area contributed by atoms with Crippen LogP contribution in [0.2, 0.25) is 0 Å². The fraction of sp³-hybridized carbons (Fsp3) is 0.750. The molecule has 1 aliphatic rings. The Morgan fingerprint density at radius 2 is 2.50 bits per heavy atom. The number of ether oxygens (including phenoxy) is 2. The molecule has 12 heavy (non-hydrogen) atoms. The van der Waals surface area contributed by atoms with Gasteiger partial charge in [0.15, 0.2) is 5.78 Å². The number of methoxy groups -OCH3 is 1. The van der Waals surface area contributed by atoms with Crippen LogP contribution in [0.15, 0.2) is 0 Å². The molecule has 0 aromatic rings. The van der Waals surface area contributed by atoms with Crippen LogP contribution < -0.4 is 0 Å². The lowest BCUT2D eigenvalue weighted by Crippen LogP contribution is -2.28. The minimum absolute atomic E-state index is 0.108. The van der Waals surface area contributed by atoms with Gasteiger partial charge in [-0.15, -0.1) is 0 Å². The van der Waals surface area contributed by atoms with Crippen LogP contribution >= 0.6 is 0 Å². The van der Waals surface area contributed by atoms with Crippen molar-refractivity contribution in [2.24, 2.45) is 0 Å². The molecule has 1 aliphatic heterocycles. The molecular formula is C8H12O4. The molecule has 0 radical (unpaired) electrons. The van der Waals surface area contributed by atoms with E-state index in [-0.39, 0.29) is 30.9 Å². The fourth-order valence-corrected chi connectivity index (χ4v) is 1.12. The maximum atomic E-state index is 10.8. The summed E-state index contributed by atoms with van der Waals surface area (Å²) in [6, 6.07) is 0. The Kier molecular flexibility index (Phi) is 3.22. The Bertz CT molecular complexity index is 177. The van der Waals surface area contributed by atoms with Gasteiger partial charge < -0.3 is 9.47 Å². The van der Waals surface area contributed by atoms with Crippen molar-refractivity contribution in [1.82, 2.24) is 0 Å². The monoisotopic (exact) mass is 172 g/mol. The van der Waals surface area contributed by atoms with Crippen LogP contribution in [0.4, 0.5) is 0 Å². The number of Topliss-reactive ketones (excluding diaryl/α,β-unsaturated/α-hetero) is 1. The van der Waals surface area contributed by atoms with Crippen molar-refractivity contribution in [2.75, 3.05) is 13.7 Å². The van der Waals surface area contributed by atoms with Crippen LogP contribution in [0.1, 0.15) is 19.3 Å². The Labute approximate surface area is 70.8 Å². The van der Waals surface area contributed by atoms with Crippen molar-refractivity contribution >= 4 is 11.8 Å². The topological polar surface area (TPSA) is 52.6 Å². The third-order valence-corrected chi connectivity index (χ3v) is 1.85. The Morgan fingerprint density at radius 1 is 1.75 bits per heavy atom. The molecule has 1 saturated heterocycles. The number of esters is 1. The van der Waals surface area contributed by atoms with Crippen LogP contribution in [0.5, 0.6) is 0 Å². The van der Waals surface area contributed by atoms with Gasteiger partial charge in [0.25, 0.3) is 0 Å². The van der Waals surface area contributed by atoms with Crippen molar-refractivity contribution in [2.45, 2.75) is 25.4 Å². The predicted molar refractivity (Wildman–Crippen MR) is 40.6 cm³/mol. The highest BCUT2D eigenvalue weighted by atomic mass is 16.5. The summed E-state index contributed by atoms with van der Waals surface area (Å²) in [5, 5.41) is 0. The Balaban J connectivity index is 2.26. The lowest BCUT2D eigenvalue weighted by Gasteiger charge is -2.20. The highest BCUT2D eigenvalue weighted by Crippen LogP contribution is 2.13. The molecule has 0 saturated carbocycles. The zero-order valence-electron chi connectivity index (χ0n) is 7.04. The van der Waals surface area contributed by atoms with E-state index in [1.54, 1.807) is 0 Å². The zero-order chi connectivity index (χ0) is 8.97. The first-order valence-corrected chi connectivity index (χ1v) is 3.92. The average Bonchev–Trinajstić information content (AvgIpc) is 2.09. The van der Waals surface area contributed by atoms with Gasteiger partial charge >= 0.3 is 5.97 Å². The lowest BCUT2D eigenvalue weighted by atomic mass is 10.1. The Hall–Kier alpha value is -0.900. The lowest BCUT2D eigenvalue weighted by molar-refractivity contribution is -0.147. The zero-order valence-corrected chi connectivity index (χ0v) is 7.04. The van der Waals surface area contributed by atoms with E-state index >= 15 is 0 Å². The van der Waals surface area contributed by atoms with E-state index in [0.29, 0.717) is 12.8 Å². The predicted octanol–water partition coefficient (Wildman–Crippen LogP) is 0.298. The van der Waals surface area contributed by atoms with Crippen molar-refractivity contribution in [3.8, 4) is 0 Å². The maximum Gasteiger partial charge on any atom is 0.308 e. The summed E-state index contributed by atoms with van der Waals surface area (Å²) >= 11 is 0. The van der Waals surface area contributed by atoms with Gasteiger partial charge in [-0.3, -0.25) is 9.59 Å². The number of hydrogen-bond acceptors (Lipinski definition) is 4. The van der Waals surface area contributed by atoms with E-state index < -0.39 is 0 Å². The summed E-state index contributed by atoms with van der Waals surface area (Å²) in [5.41, 5.74) is 0. The summed E-state index contributed by atoms with van der Waals surface area (Å²) < 4.78 is 9.59. The summed E-state index contributed by atoms with van der Waals surface area (Å²) in [4.78, 5) is 21.5. The quantitative estimate of drug-likeness (QED) is 0.562. The van der Waals surface area contributed by atoms with Crippen molar-refractivity contribution in [3.05, 3.63) is 0 Å². The number of hydrogen-bond donors (Lipinski definition) is 0. The molecule has 0 aromatic carbocycles. The van der Waals surface area contributed by atoms with E-state index in [9.17, 15) is 9.59 Å². The van der Waals surface area contributed by atoms with Crippen LogP contribution in [0.3, 0.4) is 0 Å². The van der Waals surface area contributed by atoms with Crippen LogP contribution in [0.25, 0.3) is 0 Å². The highest BCUT2D eigenvalue weighted by Gasteiger charge is 2.21. The van der Waals surface area contributed by atoms with Gasteiger partial charge in [-0.25, -0.2) is 0 Å².